The zero-order valence-corrected chi connectivity index (χ0v) is 22.0. The van der Waals surface area contributed by atoms with Crippen LogP contribution in [0.25, 0.3) is 0 Å². The maximum atomic E-state index is 13.7. The van der Waals surface area contributed by atoms with Gasteiger partial charge >= 0.3 is 19.4 Å². The van der Waals surface area contributed by atoms with Crippen LogP contribution in [0, 0.1) is 17.0 Å². The molecule has 6 atom stereocenters. The first-order chi connectivity index (χ1) is 17.4. The number of aliphatic hydroxyl groups excluding tert-OH is 2. The lowest BCUT2D eigenvalue weighted by Crippen LogP contribution is -2.46. The molecule has 37 heavy (non-hydrogen) atoms. The summed E-state index contributed by atoms with van der Waals surface area (Å²) in [6.45, 7) is 3.96. The molecule has 0 saturated carbocycles. The number of nitrogens with zero attached hydrogens (tertiary/aromatic N) is 1. The number of benzene rings is 1. The van der Waals surface area contributed by atoms with Gasteiger partial charge in [0.15, 0.2) is 11.8 Å². The highest BCUT2D eigenvalue weighted by atomic mass is 32.1. The van der Waals surface area contributed by atoms with Gasteiger partial charge in [0, 0.05) is 6.20 Å². The fourth-order valence-electron chi connectivity index (χ4n) is 3.43. The Bertz CT molecular complexity index is 1310. The first-order valence-electron chi connectivity index (χ1n) is 11.2. The summed E-state index contributed by atoms with van der Waals surface area (Å²) in [5.74, 6) is 1.66. The van der Waals surface area contributed by atoms with E-state index in [1.165, 1.54) is 31.3 Å². The van der Waals surface area contributed by atoms with E-state index in [9.17, 15) is 24.4 Å². The third-order valence-electron chi connectivity index (χ3n) is 5.27. The number of para-hydroxylation sites is 1. The Morgan fingerprint density at radius 3 is 2.59 bits per heavy atom. The van der Waals surface area contributed by atoms with Crippen LogP contribution in [0.1, 0.15) is 27.0 Å². The van der Waals surface area contributed by atoms with E-state index < -0.39 is 62.2 Å². The number of hydrogen-bond acceptors (Lipinski definition) is 10. The molecule has 2 heterocycles. The number of nitrogens with one attached hydrogen (secondary N) is 2. The van der Waals surface area contributed by atoms with Crippen molar-refractivity contribution in [3.8, 4) is 18.1 Å². The number of hydrogen-bond donors (Lipinski definition) is 4. The second-order valence-electron chi connectivity index (χ2n) is 8.51. The number of aromatic nitrogens is 2. The molecule has 0 bridgehead atoms. The standard InChI is InChI=1S/C23H28N3O9PS/c1-5-23(19(28)18(27)20(34-23)26-12-11-17(37)24-22(26)30)13-32-36(31,35-16-9-7-6-8-10-16)25-15(4)21(29)33-14(2)3/h1,6-12,14-15,18-20,27-28H,13H2,2-4H3,(H,25,31)(H,24,30,37)/t15-,18-,19?,20+,23+,36?/m0/s1. The van der Waals surface area contributed by atoms with Crippen molar-refractivity contribution in [1.82, 2.24) is 14.6 Å². The molecule has 0 aliphatic carbocycles. The van der Waals surface area contributed by atoms with Crippen LogP contribution in [0.4, 0.5) is 0 Å². The molecular formula is C23H28N3O9PS. The van der Waals surface area contributed by atoms with Gasteiger partial charge in [-0.15, -0.1) is 6.42 Å². The average Bonchev–Trinajstić information content (AvgIpc) is 3.08. The highest BCUT2D eigenvalue weighted by Gasteiger charge is 2.55. The molecule has 2 aromatic rings. The highest BCUT2D eigenvalue weighted by molar-refractivity contribution is 7.71. The van der Waals surface area contributed by atoms with Gasteiger partial charge in [-0.3, -0.25) is 18.9 Å². The van der Waals surface area contributed by atoms with Crippen molar-refractivity contribution in [3.05, 3.63) is 57.7 Å². The second-order valence-corrected chi connectivity index (χ2v) is 10.6. The van der Waals surface area contributed by atoms with E-state index in [2.05, 4.69) is 16.0 Å². The molecule has 14 heteroatoms. The Hall–Kier alpha value is -2.82. The summed E-state index contributed by atoms with van der Waals surface area (Å²) in [5.41, 5.74) is -2.76. The van der Waals surface area contributed by atoms with Crippen molar-refractivity contribution in [3.63, 3.8) is 0 Å². The molecule has 1 aromatic carbocycles. The van der Waals surface area contributed by atoms with Crippen molar-refractivity contribution < 1.29 is 38.1 Å². The van der Waals surface area contributed by atoms with Crippen LogP contribution in [-0.4, -0.2) is 62.3 Å². The fourth-order valence-corrected chi connectivity index (χ4v) is 5.10. The van der Waals surface area contributed by atoms with Crippen molar-refractivity contribution in [1.29, 1.82) is 0 Å². The zero-order chi connectivity index (χ0) is 27.4. The quantitative estimate of drug-likeness (QED) is 0.147. The average molecular weight is 554 g/mol. The number of terminal acetylenes is 1. The molecule has 1 fully saturated rings. The van der Waals surface area contributed by atoms with Crippen LogP contribution < -0.4 is 15.3 Å². The third kappa shape index (κ3) is 6.74. The second kappa shape index (κ2) is 11.7. The smallest absolute Gasteiger partial charge is 0.459 e. The number of ether oxygens (including phenoxy) is 2. The maximum Gasteiger partial charge on any atom is 0.459 e. The molecule has 0 amide bonds. The number of rotatable bonds is 10. The summed E-state index contributed by atoms with van der Waals surface area (Å²) < 4.78 is 36.8. The molecule has 1 aromatic heterocycles. The van der Waals surface area contributed by atoms with Gasteiger partial charge in [0.05, 0.1) is 6.10 Å². The summed E-state index contributed by atoms with van der Waals surface area (Å²) >= 11 is 4.91. The topological polar surface area (TPSA) is 161 Å². The lowest BCUT2D eigenvalue weighted by Gasteiger charge is -2.29. The van der Waals surface area contributed by atoms with E-state index in [1.807, 2.05) is 0 Å². The number of aromatic amines is 1. The first-order valence-corrected chi connectivity index (χ1v) is 13.2. The molecule has 0 spiro atoms. The van der Waals surface area contributed by atoms with E-state index in [1.54, 1.807) is 32.0 Å². The SMILES string of the molecule is C#C[C@]1(COP(=O)(N[C@@H](C)C(=O)OC(C)C)Oc2ccccc2)O[C@@H](n2ccc(=S)[nH]c2=O)[C@@H](O)C1O. The molecule has 1 aliphatic heterocycles. The summed E-state index contributed by atoms with van der Waals surface area (Å²) in [6.07, 6.45) is 1.65. The Labute approximate surface area is 218 Å². The van der Waals surface area contributed by atoms with Crippen molar-refractivity contribution in [2.24, 2.45) is 0 Å². The molecule has 3 rings (SSSR count). The van der Waals surface area contributed by atoms with Gasteiger partial charge in [-0.1, -0.05) is 36.3 Å². The van der Waals surface area contributed by atoms with Gasteiger partial charge in [0.25, 0.3) is 0 Å². The van der Waals surface area contributed by atoms with Crippen LogP contribution >= 0.6 is 20.0 Å². The summed E-state index contributed by atoms with van der Waals surface area (Å²) in [7, 11) is -4.36. The lowest BCUT2D eigenvalue weighted by molar-refractivity contribution is -0.149. The van der Waals surface area contributed by atoms with Gasteiger partial charge in [-0.2, -0.15) is 5.09 Å². The third-order valence-corrected chi connectivity index (χ3v) is 7.13. The summed E-state index contributed by atoms with van der Waals surface area (Å²) in [5, 5.41) is 23.9. The number of carbonyl (C=O) groups excluding carboxylic acids is 1. The monoisotopic (exact) mass is 553 g/mol. The van der Waals surface area contributed by atoms with E-state index in [0.29, 0.717) is 0 Å². The molecule has 4 N–H and O–H groups in total. The maximum absolute atomic E-state index is 13.7. The van der Waals surface area contributed by atoms with E-state index in [4.69, 9.17) is 37.2 Å². The Morgan fingerprint density at radius 1 is 1.32 bits per heavy atom. The molecule has 12 nitrogen and oxygen atoms in total. The number of aliphatic hydroxyl groups is 2. The number of esters is 1. The predicted octanol–water partition coefficient (Wildman–Crippen LogP) is 1.66. The Morgan fingerprint density at radius 2 is 2.00 bits per heavy atom. The van der Waals surface area contributed by atoms with Gasteiger partial charge in [0.2, 0.25) is 0 Å². The molecule has 1 saturated heterocycles. The van der Waals surface area contributed by atoms with Crippen LogP contribution in [0.3, 0.4) is 0 Å². The molecule has 200 valence electrons. The summed E-state index contributed by atoms with van der Waals surface area (Å²) in [4.78, 5) is 27.0. The van der Waals surface area contributed by atoms with Crippen LogP contribution in [0.5, 0.6) is 5.75 Å². The van der Waals surface area contributed by atoms with Crippen LogP contribution in [0.2, 0.25) is 0 Å². The van der Waals surface area contributed by atoms with E-state index in [-0.39, 0.29) is 10.4 Å². The van der Waals surface area contributed by atoms with Crippen molar-refractivity contribution in [2.45, 2.75) is 57.0 Å². The Balaban J connectivity index is 1.87. The largest absolute Gasteiger partial charge is 0.462 e. The number of carbonyl (C=O) groups is 1. The van der Waals surface area contributed by atoms with Crippen molar-refractivity contribution in [2.75, 3.05) is 6.61 Å². The van der Waals surface area contributed by atoms with Crippen LogP contribution in [0.15, 0.2) is 47.4 Å². The minimum absolute atomic E-state index is 0.148. The van der Waals surface area contributed by atoms with Crippen LogP contribution in [-0.2, 0) is 23.4 Å². The zero-order valence-electron chi connectivity index (χ0n) is 20.3. The minimum atomic E-state index is -4.36. The molecule has 1 aliphatic rings. The normalized spacial score (nSPS) is 25.7. The number of H-pyrrole nitrogens is 1. The van der Waals surface area contributed by atoms with Gasteiger partial charge in [0.1, 0.15) is 35.2 Å². The summed E-state index contributed by atoms with van der Waals surface area (Å²) in [6, 6.07) is 8.26. The highest BCUT2D eigenvalue weighted by Crippen LogP contribution is 2.47. The Kier molecular flexibility index (Phi) is 9.09. The lowest BCUT2D eigenvalue weighted by atomic mass is 9.97. The van der Waals surface area contributed by atoms with Gasteiger partial charge < -0.3 is 24.2 Å². The van der Waals surface area contributed by atoms with Crippen molar-refractivity contribution >= 4 is 25.9 Å². The fraction of sp³-hybridized carbons (Fsp3) is 0.435. The predicted molar refractivity (Wildman–Crippen MR) is 134 cm³/mol. The van der Waals surface area contributed by atoms with Gasteiger partial charge in [-0.05, 0) is 39.0 Å². The first kappa shape index (κ1) is 28.7. The molecule has 0 radical (unpaired) electrons. The minimum Gasteiger partial charge on any atom is -0.462 e. The molecule has 2 unspecified atom stereocenters. The van der Waals surface area contributed by atoms with Gasteiger partial charge in [-0.25, -0.2) is 9.36 Å². The molecular weight excluding hydrogens is 525 g/mol. The van der Waals surface area contributed by atoms with E-state index in [0.717, 1.165) is 4.57 Å². The van der Waals surface area contributed by atoms with E-state index >= 15 is 0 Å².